The first-order valence-corrected chi connectivity index (χ1v) is 6.74. The van der Waals surface area contributed by atoms with E-state index in [1.54, 1.807) is 18.3 Å². The van der Waals surface area contributed by atoms with Crippen LogP contribution in [0.4, 0.5) is 10.2 Å². The molecule has 1 heterocycles. The highest BCUT2D eigenvalue weighted by molar-refractivity contribution is 5.98. The van der Waals surface area contributed by atoms with Crippen molar-refractivity contribution < 1.29 is 14.3 Å². The lowest BCUT2D eigenvalue weighted by Crippen LogP contribution is -2.42. The van der Waals surface area contributed by atoms with Crippen LogP contribution in [0.1, 0.15) is 37.0 Å². The van der Waals surface area contributed by atoms with Gasteiger partial charge in [-0.1, -0.05) is 0 Å². The summed E-state index contributed by atoms with van der Waals surface area (Å²) in [6.45, 7) is 2.50. The van der Waals surface area contributed by atoms with Crippen LogP contribution >= 0.6 is 0 Å². The van der Waals surface area contributed by atoms with Gasteiger partial charge in [-0.3, -0.25) is 4.79 Å². The van der Waals surface area contributed by atoms with E-state index in [-0.39, 0.29) is 6.54 Å². The first-order valence-electron chi connectivity index (χ1n) is 6.74. The average Bonchev–Trinajstić information content (AvgIpc) is 3.19. The Bertz CT molecular complexity index is 484. The minimum atomic E-state index is -1.53. The molecule has 1 aromatic rings. The molecule has 1 fully saturated rings. The minimum absolute atomic E-state index is 0.236. The van der Waals surface area contributed by atoms with Crippen molar-refractivity contribution in [2.75, 3.05) is 11.9 Å². The third-order valence-electron chi connectivity index (χ3n) is 3.18. The summed E-state index contributed by atoms with van der Waals surface area (Å²) in [5.41, 5.74) is -1.08. The molecule has 2 rings (SSSR count). The van der Waals surface area contributed by atoms with E-state index >= 15 is 0 Å². The Labute approximate surface area is 117 Å². The fourth-order valence-electron chi connectivity index (χ4n) is 1.65. The molecule has 5 nitrogen and oxygen atoms in total. The lowest BCUT2D eigenvalue weighted by Gasteiger charge is -2.22. The van der Waals surface area contributed by atoms with E-state index in [1.165, 1.54) is 13.8 Å². The Hall–Kier alpha value is -1.69. The second kappa shape index (κ2) is 5.75. The number of hydrogen-bond acceptors (Lipinski definition) is 4. The van der Waals surface area contributed by atoms with Gasteiger partial charge in [-0.15, -0.1) is 0 Å². The summed E-state index contributed by atoms with van der Waals surface area (Å²) in [6, 6.07) is 3.68. The second-order valence-corrected chi connectivity index (χ2v) is 5.65. The second-order valence-electron chi connectivity index (χ2n) is 5.65. The number of hydrogen-bond donors (Lipinski definition) is 3. The van der Waals surface area contributed by atoms with Crippen molar-refractivity contribution in [3.05, 3.63) is 23.9 Å². The van der Waals surface area contributed by atoms with Crippen molar-refractivity contribution in [1.82, 2.24) is 10.3 Å². The molecule has 0 bridgehead atoms. The average molecular weight is 281 g/mol. The molecule has 0 radical (unpaired) electrons. The van der Waals surface area contributed by atoms with Crippen molar-refractivity contribution in [2.45, 2.75) is 44.5 Å². The number of alkyl halides is 1. The van der Waals surface area contributed by atoms with Gasteiger partial charge in [0.25, 0.3) is 5.91 Å². The smallest absolute Gasteiger partial charge is 0.255 e. The normalized spacial score (nSPS) is 16.6. The molecule has 1 unspecified atom stereocenters. The Balaban J connectivity index is 1.98. The molecule has 0 saturated heterocycles. The summed E-state index contributed by atoms with van der Waals surface area (Å²) < 4.78 is 13.6. The fourth-order valence-corrected chi connectivity index (χ4v) is 1.65. The minimum Gasteiger partial charge on any atom is -0.387 e. The molecule has 1 aliphatic rings. The molecule has 0 spiro atoms. The largest absolute Gasteiger partial charge is 0.387 e. The molecule has 110 valence electrons. The number of anilines is 1. The quantitative estimate of drug-likeness (QED) is 0.738. The lowest BCUT2D eigenvalue weighted by atomic mass is 10.0. The van der Waals surface area contributed by atoms with Gasteiger partial charge in [-0.05, 0) is 38.8 Å². The van der Waals surface area contributed by atoms with Crippen LogP contribution in [0.5, 0.6) is 0 Å². The highest BCUT2D eigenvalue weighted by atomic mass is 19.1. The first-order chi connectivity index (χ1) is 9.38. The monoisotopic (exact) mass is 281 g/mol. The molecule has 6 heteroatoms. The Morgan fingerprint density at radius 2 is 2.30 bits per heavy atom. The highest BCUT2D eigenvalue weighted by Gasteiger charge is 2.28. The molecule has 1 aromatic heterocycles. The maximum absolute atomic E-state index is 13.6. The summed E-state index contributed by atoms with van der Waals surface area (Å²) in [5, 5.41) is 15.2. The number of amides is 1. The van der Waals surface area contributed by atoms with Gasteiger partial charge in [0.15, 0.2) is 0 Å². The topological polar surface area (TPSA) is 74.2 Å². The maximum Gasteiger partial charge on any atom is 0.255 e. The molecule has 1 saturated carbocycles. The SMILES string of the molecule is CC(C)(O)C(F)CNC(=O)c1cccnc1NC1CC1. The van der Waals surface area contributed by atoms with Crippen molar-refractivity contribution >= 4 is 11.7 Å². The van der Waals surface area contributed by atoms with Crippen molar-refractivity contribution in [3.63, 3.8) is 0 Å². The summed E-state index contributed by atoms with van der Waals surface area (Å²) in [6.07, 6.45) is 2.23. The van der Waals surface area contributed by atoms with Gasteiger partial charge in [0.05, 0.1) is 17.7 Å². The summed E-state index contributed by atoms with van der Waals surface area (Å²) >= 11 is 0. The van der Waals surface area contributed by atoms with Crippen molar-refractivity contribution in [3.8, 4) is 0 Å². The molecule has 0 aliphatic heterocycles. The van der Waals surface area contributed by atoms with Gasteiger partial charge >= 0.3 is 0 Å². The summed E-state index contributed by atoms with van der Waals surface area (Å²) in [4.78, 5) is 16.2. The van der Waals surface area contributed by atoms with Crippen LogP contribution in [0.3, 0.4) is 0 Å². The van der Waals surface area contributed by atoms with Crippen molar-refractivity contribution in [1.29, 1.82) is 0 Å². The predicted molar refractivity (Wildman–Crippen MR) is 74.4 cm³/mol. The number of halogens is 1. The number of rotatable bonds is 6. The van der Waals surface area contributed by atoms with Gasteiger partial charge in [0.1, 0.15) is 12.0 Å². The Kier molecular flexibility index (Phi) is 4.23. The number of carbonyl (C=O) groups is 1. The summed E-state index contributed by atoms with van der Waals surface area (Å²) in [7, 11) is 0. The molecule has 1 atom stereocenters. The Morgan fingerprint density at radius 1 is 1.60 bits per heavy atom. The number of carbonyl (C=O) groups excluding carboxylic acids is 1. The van der Waals surface area contributed by atoms with Gasteiger partial charge in [0.2, 0.25) is 0 Å². The molecular weight excluding hydrogens is 261 g/mol. The van der Waals surface area contributed by atoms with Crippen LogP contribution in [0.2, 0.25) is 0 Å². The third kappa shape index (κ3) is 3.90. The van der Waals surface area contributed by atoms with Crippen molar-refractivity contribution in [2.24, 2.45) is 0 Å². The molecule has 1 aliphatic carbocycles. The van der Waals surface area contributed by atoms with Crippen LogP contribution in [0, 0.1) is 0 Å². The maximum atomic E-state index is 13.6. The van der Waals surface area contributed by atoms with E-state index in [0.717, 1.165) is 12.8 Å². The van der Waals surface area contributed by atoms with E-state index in [1.807, 2.05) is 0 Å². The zero-order chi connectivity index (χ0) is 14.8. The Morgan fingerprint density at radius 3 is 2.90 bits per heavy atom. The van der Waals surface area contributed by atoms with E-state index in [9.17, 15) is 14.3 Å². The predicted octanol–water partition coefficient (Wildman–Crippen LogP) is 1.49. The van der Waals surface area contributed by atoms with Crippen LogP contribution in [0.25, 0.3) is 0 Å². The summed E-state index contributed by atoms with van der Waals surface area (Å²) in [5.74, 6) is 0.124. The van der Waals surface area contributed by atoms with Gasteiger partial charge < -0.3 is 15.7 Å². The van der Waals surface area contributed by atoms with Gasteiger partial charge in [-0.25, -0.2) is 9.37 Å². The number of aromatic nitrogens is 1. The zero-order valence-corrected chi connectivity index (χ0v) is 11.7. The van der Waals surface area contributed by atoms with Crippen LogP contribution in [0.15, 0.2) is 18.3 Å². The van der Waals surface area contributed by atoms with E-state index in [0.29, 0.717) is 17.4 Å². The van der Waals surface area contributed by atoms with Gasteiger partial charge in [0, 0.05) is 12.2 Å². The van der Waals surface area contributed by atoms with Crippen LogP contribution in [-0.2, 0) is 0 Å². The number of aliphatic hydroxyl groups is 1. The molecule has 3 N–H and O–H groups in total. The van der Waals surface area contributed by atoms with E-state index < -0.39 is 17.7 Å². The van der Waals surface area contributed by atoms with E-state index in [4.69, 9.17) is 0 Å². The fraction of sp³-hybridized carbons (Fsp3) is 0.571. The number of nitrogens with one attached hydrogen (secondary N) is 2. The number of pyridine rings is 1. The van der Waals surface area contributed by atoms with E-state index in [2.05, 4.69) is 15.6 Å². The molecular formula is C14H20FN3O2. The van der Waals surface area contributed by atoms with Crippen LogP contribution in [-0.4, -0.2) is 40.4 Å². The first kappa shape index (κ1) is 14.7. The van der Waals surface area contributed by atoms with Gasteiger partial charge in [-0.2, -0.15) is 0 Å². The standard InChI is InChI=1S/C14H20FN3O2/c1-14(2,20)11(15)8-17-13(19)10-4-3-7-16-12(10)18-9-5-6-9/h3-4,7,9,11,20H,5-6,8H2,1-2H3,(H,16,18)(H,17,19). The lowest BCUT2D eigenvalue weighted by molar-refractivity contribution is -0.00177. The number of nitrogens with zero attached hydrogens (tertiary/aromatic N) is 1. The van der Waals surface area contributed by atoms with Crippen LogP contribution < -0.4 is 10.6 Å². The molecule has 1 amide bonds. The molecule has 20 heavy (non-hydrogen) atoms. The zero-order valence-electron chi connectivity index (χ0n) is 11.7. The molecule has 0 aromatic carbocycles. The third-order valence-corrected chi connectivity index (χ3v) is 3.18. The highest BCUT2D eigenvalue weighted by Crippen LogP contribution is 2.25.